The van der Waals surface area contributed by atoms with Crippen LogP contribution in [0.5, 0.6) is 0 Å². The minimum Gasteiger partial charge on any atom is -0.309 e. The number of para-hydroxylation sites is 1. The fraction of sp³-hybridized carbons (Fsp3) is 0. The normalized spacial score (nSPS) is 13.8. The van der Waals surface area contributed by atoms with E-state index in [2.05, 4.69) is 77.4 Å². The summed E-state index contributed by atoms with van der Waals surface area (Å²) in [6.07, 6.45) is 0. The van der Waals surface area contributed by atoms with Crippen molar-refractivity contribution in [3.63, 3.8) is 0 Å². The van der Waals surface area contributed by atoms with Gasteiger partial charge in [-0.1, -0.05) is 164 Å². The third-order valence-electron chi connectivity index (χ3n) is 10.5. The van der Waals surface area contributed by atoms with Crippen molar-refractivity contribution in [2.24, 2.45) is 0 Å². The first-order valence-electron chi connectivity index (χ1n) is 22.0. The van der Waals surface area contributed by atoms with Gasteiger partial charge in [-0.25, -0.2) is 0 Å². The monoisotopic (exact) mass is 694 g/mol. The number of hydrogen-bond acceptors (Lipinski definition) is 0. The van der Waals surface area contributed by atoms with Gasteiger partial charge >= 0.3 is 0 Å². The molecule has 2 heterocycles. The van der Waals surface area contributed by atoms with Crippen LogP contribution in [-0.4, -0.2) is 9.13 Å². The molecule has 0 saturated carbocycles. The Morgan fingerprint density at radius 1 is 0.389 bits per heavy atom. The quantitative estimate of drug-likeness (QED) is 0.170. The number of aromatic nitrogens is 2. The Balaban J connectivity index is 1.33. The summed E-state index contributed by atoms with van der Waals surface area (Å²) in [4.78, 5) is 0. The number of benzene rings is 9. The van der Waals surface area contributed by atoms with Gasteiger partial charge in [-0.2, -0.15) is 0 Å². The summed E-state index contributed by atoms with van der Waals surface area (Å²) in [5.74, 6) is 0. The molecule has 0 saturated heterocycles. The molecular weight excluding hydrogens is 653 g/mol. The maximum atomic E-state index is 9.80. The summed E-state index contributed by atoms with van der Waals surface area (Å²) in [6, 6.07) is 49.7. The molecule has 0 N–H and O–H groups in total. The van der Waals surface area contributed by atoms with Crippen LogP contribution in [0.2, 0.25) is 0 Å². The van der Waals surface area contributed by atoms with Gasteiger partial charge in [0.05, 0.1) is 38.7 Å². The molecule has 0 aliphatic rings. The van der Waals surface area contributed by atoms with Gasteiger partial charge in [-0.15, -0.1) is 0 Å². The van der Waals surface area contributed by atoms with Crippen molar-refractivity contribution in [2.45, 2.75) is 0 Å². The molecule has 0 aliphatic carbocycles. The first-order valence-corrected chi connectivity index (χ1v) is 18.0. The molecule has 0 atom stereocenters. The summed E-state index contributed by atoms with van der Waals surface area (Å²) in [7, 11) is 0. The lowest BCUT2D eigenvalue weighted by molar-refractivity contribution is 1.17. The second kappa shape index (κ2) is 12.2. The molecule has 0 spiro atoms. The third-order valence-corrected chi connectivity index (χ3v) is 10.5. The second-order valence-corrected chi connectivity index (χ2v) is 13.5. The molecule has 252 valence electrons. The molecule has 2 aromatic heterocycles. The van der Waals surface area contributed by atoms with Crippen molar-refractivity contribution in [1.82, 2.24) is 9.13 Å². The van der Waals surface area contributed by atoms with E-state index in [0.29, 0.717) is 11.0 Å². The molecule has 0 radical (unpaired) electrons. The highest BCUT2D eigenvalue weighted by atomic mass is 15.0. The summed E-state index contributed by atoms with van der Waals surface area (Å²) in [6.45, 7) is 0. The van der Waals surface area contributed by atoms with Gasteiger partial charge in [0.1, 0.15) is 0 Å². The Hall–Kier alpha value is -7.16. The van der Waals surface area contributed by atoms with Crippen LogP contribution >= 0.6 is 0 Å². The molecule has 2 nitrogen and oxygen atoms in total. The van der Waals surface area contributed by atoms with Gasteiger partial charge in [0.2, 0.25) is 0 Å². The molecule has 0 bridgehead atoms. The summed E-state index contributed by atoms with van der Waals surface area (Å²) in [5.41, 5.74) is 7.94. The topological polar surface area (TPSA) is 9.86 Å². The Labute approximate surface area is 324 Å². The SMILES string of the molecule is [2H]c1cc([2H])c([2H])c(-c2c([2H])c([2H])c([2H])c(-n3c4cc5c(cc4c4c6ccccc6ccc43)c3ccccc3n5-c3cccc(-c4ccccc4)c3-c3ccccc3)c2[2H])c1[2H]. The van der Waals surface area contributed by atoms with Crippen molar-refractivity contribution < 1.29 is 11.0 Å². The number of rotatable bonds is 5. The minimum absolute atomic E-state index is 0.00931. The zero-order valence-corrected chi connectivity index (χ0v) is 28.9. The lowest BCUT2D eigenvalue weighted by Crippen LogP contribution is -2.00. The maximum absolute atomic E-state index is 9.80. The van der Waals surface area contributed by atoms with Crippen molar-refractivity contribution in [1.29, 1.82) is 0 Å². The van der Waals surface area contributed by atoms with Crippen molar-refractivity contribution in [3.05, 3.63) is 206 Å². The van der Waals surface area contributed by atoms with Gasteiger partial charge < -0.3 is 9.13 Å². The molecule has 0 fully saturated rings. The van der Waals surface area contributed by atoms with Gasteiger partial charge in [0.25, 0.3) is 0 Å². The molecule has 54 heavy (non-hydrogen) atoms. The lowest BCUT2D eigenvalue weighted by Gasteiger charge is -2.18. The second-order valence-electron chi connectivity index (χ2n) is 13.5. The zero-order valence-electron chi connectivity index (χ0n) is 36.9. The highest BCUT2D eigenvalue weighted by Gasteiger charge is 2.22. The molecule has 0 unspecified atom stereocenters. The Kier molecular flexibility index (Phi) is 5.30. The standard InChI is InChI=1S/C52H34N2/c1-4-16-35(17-5-1)39-23-14-24-40(32-39)53-48-31-30-37-20-10-11-25-42(37)52(48)45-33-44-43-26-12-13-28-46(43)54(49(44)34-50(45)53)47-29-15-27-41(36-18-6-2-7-19-36)51(47)38-21-8-3-9-22-38/h1-34H/i4D,5D,14D,16D,17D,23D,24D,32D. The minimum atomic E-state index is -0.503. The van der Waals surface area contributed by atoms with Crippen molar-refractivity contribution in [3.8, 4) is 44.8 Å². The highest BCUT2D eigenvalue weighted by Crippen LogP contribution is 2.45. The van der Waals surface area contributed by atoms with Crippen molar-refractivity contribution >= 4 is 54.4 Å². The van der Waals surface area contributed by atoms with Crippen molar-refractivity contribution in [2.75, 3.05) is 0 Å². The van der Waals surface area contributed by atoms with E-state index in [4.69, 9.17) is 8.22 Å². The van der Waals surface area contributed by atoms with Crippen LogP contribution < -0.4 is 0 Å². The predicted octanol–water partition coefficient (Wildman–Crippen LogP) is 14.0. The predicted molar refractivity (Wildman–Crippen MR) is 229 cm³/mol. The Morgan fingerprint density at radius 2 is 1.09 bits per heavy atom. The van der Waals surface area contributed by atoms with E-state index in [-0.39, 0.29) is 41.0 Å². The van der Waals surface area contributed by atoms with E-state index in [9.17, 15) is 2.74 Å². The molecule has 0 aliphatic heterocycles. The number of fused-ring (bicyclic) bond motifs is 8. The van der Waals surface area contributed by atoms with Crippen LogP contribution in [0.15, 0.2) is 206 Å². The molecule has 11 rings (SSSR count). The first kappa shape index (κ1) is 23.4. The van der Waals surface area contributed by atoms with E-state index >= 15 is 0 Å². The van der Waals surface area contributed by atoms with Crippen LogP contribution in [0.3, 0.4) is 0 Å². The van der Waals surface area contributed by atoms with Crippen LogP contribution in [0.25, 0.3) is 99.1 Å². The molecular formula is C52H34N2. The largest absolute Gasteiger partial charge is 0.309 e. The average Bonchev–Trinajstić information content (AvgIpc) is 3.80. The Morgan fingerprint density at radius 3 is 1.93 bits per heavy atom. The first-order chi connectivity index (χ1) is 30.1. The zero-order chi connectivity index (χ0) is 42.6. The van der Waals surface area contributed by atoms with Crippen LogP contribution in [-0.2, 0) is 0 Å². The lowest BCUT2D eigenvalue weighted by atomic mass is 9.93. The van der Waals surface area contributed by atoms with Gasteiger partial charge in [-0.05, 0) is 81.0 Å². The number of hydrogen-bond donors (Lipinski definition) is 0. The van der Waals surface area contributed by atoms with E-state index in [0.717, 1.165) is 77.4 Å². The summed E-state index contributed by atoms with van der Waals surface area (Å²) in [5, 5.41) is 5.75. The summed E-state index contributed by atoms with van der Waals surface area (Å²) >= 11 is 0. The van der Waals surface area contributed by atoms with Gasteiger partial charge in [-0.3, -0.25) is 0 Å². The van der Waals surface area contributed by atoms with Crippen LogP contribution in [0.1, 0.15) is 11.0 Å². The molecule has 11 aromatic rings. The maximum Gasteiger partial charge on any atom is 0.0651 e. The van der Waals surface area contributed by atoms with Crippen LogP contribution in [0.4, 0.5) is 0 Å². The smallest absolute Gasteiger partial charge is 0.0651 e. The fourth-order valence-corrected chi connectivity index (χ4v) is 8.22. The molecule has 0 amide bonds. The van der Waals surface area contributed by atoms with Gasteiger partial charge in [0.15, 0.2) is 0 Å². The average molecular weight is 695 g/mol. The molecule has 9 aromatic carbocycles. The van der Waals surface area contributed by atoms with E-state index in [1.807, 2.05) is 83.4 Å². The molecule has 2 heteroatoms. The third kappa shape index (κ3) is 4.67. The number of nitrogens with zero attached hydrogens (tertiary/aromatic N) is 2. The highest BCUT2D eigenvalue weighted by molar-refractivity contribution is 6.25. The fourth-order valence-electron chi connectivity index (χ4n) is 8.22. The van der Waals surface area contributed by atoms with E-state index in [1.54, 1.807) is 0 Å². The van der Waals surface area contributed by atoms with E-state index < -0.39 is 24.2 Å². The Bertz CT molecular complexity index is 3640. The summed E-state index contributed by atoms with van der Waals surface area (Å²) < 4.78 is 76.0. The van der Waals surface area contributed by atoms with Gasteiger partial charge in [0, 0.05) is 32.8 Å². The van der Waals surface area contributed by atoms with Crippen LogP contribution in [0, 0.1) is 0 Å². The van der Waals surface area contributed by atoms with E-state index in [1.165, 1.54) is 0 Å².